The van der Waals surface area contributed by atoms with E-state index in [-0.39, 0.29) is 29.4 Å². The van der Waals surface area contributed by atoms with Crippen LogP contribution in [0.3, 0.4) is 0 Å². The molecular weight excluding hydrogens is 463 g/mol. The van der Waals surface area contributed by atoms with Gasteiger partial charge in [-0.05, 0) is 36.1 Å². The summed E-state index contributed by atoms with van der Waals surface area (Å²) < 4.78 is 5.05. The lowest BCUT2D eigenvalue weighted by Crippen LogP contribution is -2.40. The number of methoxy groups -OCH3 is 1. The zero-order valence-electron chi connectivity index (χ0n) is 16.7. The Balaban J connectivity index is 0.00000280. The van der Waals surface area contributed by atoms with Gasteiger partial charge in [0.25, 0.3) is 0 Å². The van der Waals surface area contributed by atoms with E-state index in [4.69, 9.17) is 4.74 Å². The van der Waals surface area contributed by atoms with E-state index in [0.717, 1.165) is 31.3 Å². The Bertz CT molecular complexity index is 730. The van der Waals surface area contributed by atoms with Gasteiger partial charge in [-0.15, -0.1) is 24.0 Å². The average Bonchev–Trinajstić information content (AvgIpc) is 3.51. The van der Waals surface area contributed by atoms with E-state index >= 15 is 0 Å². The van der Waals surface area contributed by atoms with Gasteiger partial charge in [-0.3, -0.25) is 4.99 Å². The highest BCUT2D eigenvalue weighted by Crippen LogP contribution is 2.47. The van der Waals surface area contributed by atoms with Gasteiger partial charge in [-0.25, -0.2) is 0 Å². The lowest BCUT2D eigenvalue weighted by molar-refractivity contribution is 0.211. The normalized spacial score (nSPS) is 14.7. The third-order valence-corrected chi connectivity index (χ3v) is 5.11. The highest BCUT2D eigenvalue weighted by Gasteiger charge is 2.43. The Kier molecular flexibility index (Phi) is 9.05. The largest absolute Gasteiger partial charge is 0.383 e. The van der Waals surface area contributed by atoms with Crippen molar-refractivity contribution in [2.24, 2.45) is 4.99 Å². The maximum absolute atomic E-state index is 5.05. The minimum Gasteiger partial charge on any atom is -0.383 e. The number of benzene rings is 2. The Morgan fingerprint density at radius 2 is 1.75 bits per heavy atom. The van der Waals surface area contributed by atoms with Gasteiger partial charge < -0.3 is 20.7 Å². The predicted molar refractivity (Wildman–Crippen MR) is 128 cm³/mol. The highest BCUT2D eigenvalue weighted by molar-refractivity contribution is 14.0. The van der Waals surface area contributed by atoms with Crippen LogP contribution in [-0.4, -0.2) is 39.8 Å². The smallest absolute Gasteiger partial charge is 0.191 e. The Labute approximate surface area is 185 Å². The predicted octanol–water partition coefficient (Wildman–Crippen LogP) is 3.76. The topological polar surface area (TPSA) is 57.7 Å². The zero-order chi connectivity index (χ0) is 19.0. The number of hydrogen-bond acceptors (Lipinski definition) is 3. The number of nitrogens with one attached hydrogen (secondary N) is 3. The zero-order valence-corrected chi connectivity index (χ0v) is 19.0. The third-order valence-electron chi connectivity index (χ3n) is 5.11. The number of rotatable bonds is 9. The van der Waals surface area contributed by atoms with Gasteiger partial charge in [0.05, 0.1) is 6.61 Å². The van der Waals surface area contributed by atoms with Gasteiger partial charge in [-0.2, -0.15) is 0 Å². The van der Waals surface area contributed by atoms with Crippen molar-refractivity contribution in [1.82, 2.24) is 10.6 Å². The van der Waals surface area contributed by atoms with Gasteiger partial charge in [0.1, 0.15) is 0 Å². The summed E-state index contributed by atoms with van der Waals surface area (Å²) in [4.78, 5) is 4.36. The molecule has 152 valence electrons. The number of aliphatic imine (C=N–C) groups is 1. The fourth-order valence-corrected chi connectivity index (χ4v) is 3.21. The lowest BCUT2D eigenvalue weighted by Gasteiger charge is -2.19. The van der Waals surface area contributed by atoms with E-state index < -0.39 is 0 Å². The van der Waals surface area contributed by atoms with Crippen LogP contribution >= 0.6 is 24.0 Å². The van der Waals surface area contributed by atoms with Crippen molar-refractivity contribution in [1.29, 1.82) is 0 Å². The summed E-state index contributed by atoms with van der Waals surface area (Å²) in [6.45, 7) is 3.18. The van der Waals surface area contributed by atoms with Gasteiger partial charge in [-0.1, -0.05) is 42.5 Å². The van der Waals surface area contributed by atoms with E-state index in [9.17, 15) is 0 Å². The van der Waals surface area contributed by atoms with Crippen molar-refractivity contribution in [3.8, 4) is 0 Å². The molecule has 2 aromatic carbocycles. The fourth-order valence-electron chi connectivity index (χ4n) is 3.21. The summed E-state index contributed by atoms with van der Waals surface area (Å²) in [6.07, 6.45) is 2.47. The number of hydrogen-bond donors (Lipinski definition) is 3. The minimum absolute atomic E-state index is 0. The van der Waals surface area contributed by atoms with Gasteiger partial charge >= 0.3 is 0 Å². The molecule has 1 aliphatic rings. The van der Waals surface area contributed by atoms with Gasteiger partial charge in [0, 0.05) is 44.9 Å². The maximum atomic E-state index is 5.05. The molecule has 1 saturated carbocycles. The molecule has 0 atom stereocenters. The van der Waals surface area contributed by atoms with Crippen LogP contribution < -0.4 is 16.0 Å². The summed E-state index contributed by atoms with van der Waals surface area (Å²) in [7, 11) is 3.53. The van der Waals surface area contributed by atoms with Crippen molar-refractivity contribution < 1.29 is 4.74 Å². The van der Waals surface area contributed by atoms with Crippen LogP contribution in [-0.2, 0) is 16.7 Å². The molecule has 2 aromatic rings. The molecule has 1 fully saturated rings. The molecular formula is C22H31IN4O. The number of nitrogens with zero attached hydrogens (tertiary/aromatic N) is 1. The second kappa shape index (κ2) is 11.3. The van der Waals surface area contributed by atoms with Crippen LogP contribution in [0.2, 0.25) is 0 Å². The van der Waals surface area contributed by atoms with Crippen LogP contribution in [0, 0.1) is 0 Å². The fraction of sp³-hybridized carbons (Fsp3) is 0.409. The molecule has 1 aliphatic carbocycles. The molecule has 0 amide bonds. The number of anilines is 1. The highest BCUT2D eigenvalue weighted by atomic mass is 127. The second-order valence-electron chi connectivity index (χ2n) is 7.04. The SMILES string of the molecule is CN=C(NCc1ccc(NCCOC)cc1)NCC1(c2ccccc2)CC1.I. The minimum atomic E-state index is 0. The maximum Gasteiger partial charge on any atom is 0.191 e. The van der Waals surface area contributed by atoms with E-state index in [1.54, 1.807) is 7.11 Å². The van der Waals surface area contributed by atoms with Crippen molar-refractivity contribution in [3.63, 3.8) is 0 Å². The Morgan fingerprint density at radius 3 is 2.36 bits per heavy atom. The number of ether oxygens (including phenoxy) is 1. The molecule has 0 heterocycles. The molecule has 0 saturated heterocycles. The standard InChI is InChI=1S/C22H30N4O.HI/c1-23-21(26-17-22(12-13-22)19-6-4-3-5-7-19)25-16-18-8-10-20(11-9-18)24-14-15-27-2;/h3-11,24H,12-17H2,1-2H3,(H2,23,25,26);1H. The Hall–Kier alpha value is -1.80. The third kappa shape index (κ3) is 6.38. The second-order valence-corrected chi connectivity index (χ2v) is 7.04. The quantitative estimate of drug-likeness (QED) is 0.215. The van der Waals surface area contributed by atoms with E-state index in [1.807, 2.05) is 7.05 Å². The van der Waals surface area contributed by atoms with Crippen molar-refractivity contribution in [2.75, 3.05) is 39.2 Å². The molecule has 0 radical (unpaired) electrons. The first kappa shape index (κ1) is 22.5. The molecule has 0 aliphatic heterocycles. The first-order chi connectivity index (χ1) is 13.3. The van der Waals surface area contributed by atoms with Crippen LogP contribution in [0.1, 0.15) is 24.0 Å². The summed E-state index contributed by atoms with van der Waals surface area (Å²) in [5.74, 6) is 0.847. The Morgan fingerprint density at radius 1 is 1.04 bits per heavy atom. The first-order valence-corrected chi connectivity index (χ1v) is 9.57. The lowest BCUT2D eigenvalue weighted by atomic mass is 9.96. The molecule has 0 unspecified atom stereocenters. The van der Waals surface area contributed by atoms with E-state index in [2.05, 4.69) is 75.5 Å². The first-order valence-electron chi connectivity index (χ1n) is 9.57. The molecule has 3 N–H and O–H groups in total. The molecule has 28 heavy (non-hydrogen) atoms. The summed E-state index contributed by atoms with van der Waals surface area (Å²) in [5, 5.41) is 10.2. The number of halogens is 1. The van der Waals surface area contributed by atoms with E-state index in [1.165, 1.54) is 24.0 Å². The van der Waals surface area contributed by atoms with Crippen LogP contribution in [0.4, 0.5) is 5.69 Å². The van der Waals surface area contributed by atoms with Crippen LogP contribution in [0.25, 0.3) is 0 Å². The van der Waals surface area contributed by atoms with Crippen LogP contribution in [0.5, 0.6) is 0 Å². The molecule has 0 aromatic heterocycles. The van der Waals surface area contributed by atoms with E-state index in [0.29, 0.717) is 6.61 Å². The van der Waals surface area contributed by atoms with Crippen LogP contribution in [0.15, 0.2) is 59.6 Å². The van der Waals surface area contributed by atoms with Crippen molar-refractivity contribution in [3.05, 3.63) is 65.7 Å². The number of guanidine groups is 1. The summed E-state index contributed by atoms with van der Waals surface area (Å²) in [5.41, 5.74) is 4.02. The summed E-state index contributed by atoms with van der Waals surface area (Å²) in [6, 6.07) is 19.2. The molecule has 6 heteroatoms. The van der Waals surface area contributed by atoms with Gasteiger partial charge in [0.2, 0.25) is 0 Å². The summed E-state index contributed by atoms with van der Waals surface area (Å²) >= 11 is 0. The molecule has 3 rings (SSSR count). The molecule has 0 bridgehead atoms. The molecule has 5 nitrogen and oxygen atoms in total. The average molecular weight is 494 g/mol. The van der Waals surface area contributed by atoms with Crippen molar-refractivity contribution >= 4 is 35.6 Å². The van der Waals surface area contributed by atoms with Gasteiger partial charge in [0.15, 0.2) is 5.96 Å². The van der Waals surface area contributed by atoms with Crippen molar-refractivity contribution in [2.45, 2.75) is 24.8 Å². The molecule has 0 spiro atoms. The monoisotopic (exact) mass is 494 g/mol.